The number of primary amides is 1. The quantitative estimate of drug-likeness (QED) is 0.909. The Labute approximate surface area is 150 Å². The standard InChI is InChI=1S/C20H29N3O2/c21-20(25)18-9-13-23(14-10-18)19(24)15-22-11-4-7-17(8-12-22)16-5-2-1-3-6-16/h1-3,5-6,17-18H,4,7-15H2,(H2,21,25). The number of likely N-dealkylation sites (tertiary alicyclic amines) is 2. The average Bonchev–Trinajstić information content (AvgIpc) is 2.88. The van der Waals surface area contributed by atoms with Crippen molar-refractivity contribution in [1.29, 1.82) is 0 Å². The van der Waals surface area contributed by atoms with E-state index in [1.165, 1.54) is 12.0 Å². The first kappa shape index (κ1) is 17.9. The highest BCUT2D eigenvalue weighted by atomic mass is 16.2. The van der Waals surface area contributed by atoms with E-state index >= 15 is 0 Å². The number of benzene rings is 1. The molecule has 2 saturated heterocycles. The lowest BCUT2D eigenvalue weighted by atomic mass is 9.92. The van der Waals surface area contributed by atoms with Crippen LogP contribution in [0.3, 0.4) is 0 Å². The number of hydrogen-bond donors (Lipinski definition) is 1. The van der Waals surface area contributed by atoms with Crippen LogP contribution in [0.25, 0.3) is 0 Å². The Morgan fingerprint density at radius 2 is 1.68 bits per heavy atom. The van der Waals surface area contributed by atoms with E-state index < -0.39 is 0 Å². The normalized spacial score (nSPS) is 23.2. The number of nitrogens with zero attached hydrogens (tertiary/aromatic N) is 2. The van der Waals surface area contributed by atoms with Crippen molar-refractivity contribution in [3.8, 4) is 0 Å². The number of rotatable bonds is 4. The smallest absolute Gasteiger partial charge is 0.236 e. The minimum atomic E-state index is -0.230. The summed E-state index contributed by atoms with van der Waals surface area (Å²) in [5, 5.41) is 0. The van der Waals surface area contributed by atoms with E-state index in [0.717, 1.165) is 25.9 Å². The fourth-order valence-corrected chi connectivity index (χ4v) is 4.08. The molecule has 0 spiro atoms. The first-order valence-corrected chi connectivity index (χ1v) is 9.48. The van der Waals surface area contributed by atoms with Crippen LogP contribution in [-0.4, -0.2) is 54.3 Å². The lowest BCUT2D eigenvalue weighted by molar-refractivity contribution is -0.135. The zero-order valence-corrected chi connectivity index (χ0v) is 14.9. The van der Waals surface area contributed by atoms with Crippen molar-refractivity contribution in [2.75, 3.05) is 32.7 Å². The molecule has 1 aromatic rings. The molecule has 2 heterocycles. The maximum absolute atomic E-state index is 12.6. The van der Waals surface area contributed by atoms with Crippen molar-refractivity contribution < 1.29 is 9.59 Å². The molecular formula is C20H29N3O2. The molecule has 0 saturated carbocycles. The molecule has 2 aliphatic heterocycles. The van der Waals surface area contributed by atoms with Crippen LogP contribution < -0.4 is 5.73 Å². The zero-order chi connectivity index (χ0) is 17.6. The van der Waals surface area contributed by atoms with Crippen LogP contribution in [-0.2, 0) is 9.59 Å². The molecule has 5 heteroatoms. The van der Waals surface area contributed by atoms with E-state index in [9.17, 15) is 9.59 Å². The van der Waals surface area contributed by atoms with E-state index in [2.05, 4.69) is 35.2 Å². The minimum absolute atomic E-state index is 0.0612. The number of hydrogen-bond acceptors (Lipinski definition) is 3. The van der Waals surface area contributed by atoms with Crippen molar-refractivity contribution in [2.45, 2.75) is 38.0 Å². The number of piperidine rings is 1. The van der Waals surface area contributed by atoms with Crippen LogP contribution >= 0.6 is 0 Å². The van der Waals surface area contributed by atoms with Gasteiger partial charge in [-0.1, -0.05) is 30.3 Å². The monoisotopic (exact) mass is 343 g/mol. The summed E-state index contributed by atoms with van der Waals surface area (Å²) in [6.45, 7) is 3.79. The maximum Gasteiger partial charge on any atom is 0.236 e. The van der Waals surface area contributed by atoms with Gasteiger partial charge < -0.3 is 10.6 Å². The highest BCUT2D eigenvalue weighted by molar-refractivity contribution is 5.80. The highest BCUT2D eigenvalue weighted by Crippen LogP contribution is 2.28. The van der Waals surface area contributed by atoms with Crippen LogP contribution in [0, 0.1) is 5.92 Å². The molecular weight excluding hydrogens is 314 g/mol. The second kappa shape index (κ2) is 8.48. The first-order chi connectivity index (χ1) is 12.1. The molecule has 25 heavy (non-hydrogen) atoms. The Bertz CT molecular complexity index is 582. The van der Waals surface area contributed by atoms with Gasteiger partial charge in [0.15, 0.2) is 0 Å². The van der Waals surface area contributed by atoms with Crippen LogP contribution in [0.4, 0.5) is 0 Å². The summed E-state index contributed by atoms with van der Waals surface area (Å²) < 4.78 is 0. The summed E-state index contributed by atoms with van der Waals surface area (Å²) in [5.74, 6) is 0.508. The summed E-state index contributed by atoms with van der Waals surface area (Å²) in [6, 6.07) is 10.7. The fraction of sp³-hybridized carbons (Fsp3) is 0.600. The third kappa shape index (κ3) is 4.82. The molecule has 0 radical (unpaired) electrons. The van der Waals surface area contributed by atoms with Gasteiger partial charge >= 0.3 is 0 Å². The van der Waals surface area contributed by atoms with Gasteiger partial charge in [-0.25, -0.2) is 0 Å². The van der Waals surface area contributed by atoms with Crippen molar-refractivity contribution in [3.63, 3.8) is 0 Å². The van der Waals surface area contributed by atoms with Gasteiger partial charge in [0.05, 0.1) is 6.54 Å². The average molecular weight is 343 g/mol. The first-order valence-electron chi connectivity index (χ1n) is 9.48. The Kier molecular flexibility index (Phi) is 6.08. The lowest BCUT2D eigenvalue weighted by Gasteiger charge is -2.32. The molecule has 2 fully saturated rings. The summed E-state index contributed by atoms with van der Waals surface area (Å²) >= 11 is 0. The Morgan fingerprint density at radius 1 is 0.960 bits per heavy atom. The molecule has 5 nitrogen and oxygen atoms in total. The predicted octanol–water partition coefficient (Wildman–Crippen LogP) is 1.98. The van der Waals surface area contributed by atoms with E-state index in [0.29, 0.717) is 38.4 Å². The van der Waals surface area contributed by atoms with Crippen molar-refractivity contribution in [1.82, 2.24) is 9.80 Å². The minimum Gasteiger partial charge on any atom is -0.369 e. The Hall–Kier alpha value is -1.88. The predicted molar refractivity (Wildman–Crippen MR) is 98.0 cm³/mol. The van der Waals surface area contributed by atoms with E-state index in [1.807, 2.05) is 4.90 Å². The van der Waals surface area contributed by atoms with Crippen molar-refractivity contribution >= 4 is 11.8 Å². The molecule has 2 amide bonds. The number of nitrogens with two attached hydrogens (primary N) is 1. The second-order valence-electron chi connectivity index (χ2n) is 7.37. The van der Waals surface area contributed by atoms with Crippen molar-refractivity contribution in [3.05, 3.63) is 35.9 Å². The van der Waals surface area contributed by atoms with Gasteiger partial charge in [-0.2, -0.15) is 0 Å². The van der Waals surface area contributed by atoms with Crippen molar-refractivity contribution in [2.24, 2.45) is 11.7 Å². The molecule has 2 aliphatic rings. The SMILES string of the molecule is NC(=O)C1CCN(C(=O)CN2CCCC(c3ccccc3)CC2)CC1. The van der Waals surface area contributed by atoms with Gasteiger partial charge in [0, 0.05) is 19.0 Å². The molecule has 1 aromatic carbocycles. The Morgan fingerprint density at radius 3 is 2.36 bits per heavy atom. The summed E-state index contributed by atoms with van der Waals surface area (Å²) in [6.07, 6.45) is 4.85. The van der Waals surface area contributed by atoms with Crippen LogP contribution in [0.5, 0.6) is 0 Å². The molecule has 3 rings (SSSR count). The molecule has 0 bridgehead atoms. The van der Waals surface area contributed by atoms with Gasteiger partial charge in [-0.3, -0.25) is 14.5 Å². The number of amides is 2. The molecule has 1 atom stereocenters. The summed E-state index contributed by atoms with van der Waals surface area (Å²) in [4.78, 5) is 28.0. The number of carbonyl (C=O) groups is 2. The zero-order valence-electron chi connectivity index (χ0n) is 14.9. The van der Waals surface area contributed by atoms with Gasteiger partial charge in [-0.15, -0.1) is 0 Å². The molecule has 2 N–H and O–H groups in total. The molecule has 136 valence electrons. The van der Waals surface area contributed by atoms with E-state index in [1.54, 1.807) is 0 Å². The second-order valence-corrected chi connectivity index (χ2v) is 7.37. The van der Waals surface area contributed by atoms with E-state index in [-0.39, 0.29) is 17.7 Å². The highest BCUT2D eigenvalue weighted by Gasteiger charge is 2.27. The maximum atomic E-state index is 12.6. The third-order valence-electron chi connectivity index (χ3n) is 5.70. The molecule has 1 unspecified atom stereocenters. The summed E-state index contributed by atoms with van der Waals surface area (Å²) in [7, 11) is 0. The van der Waals surface area contributed by atoms with Gasteiger partial charge in [-0.05, 0) is 56.7 Å². The van der Waals surface area contributed by atoms with Gasteiger partial charge in [0.25, 0.3) is 0 Å². The van der Waals surface area contributed by atoms with Crippen LogP contribution in [0.1, 0.15) is 43.6 Å². The third-order valence-corrected chi connectivity index (χ3v) is 5.70. The lowest BCUT2D eigenvalue weighted by Crippen LogP contribution is -2.46. The van der Waals surface area contributed by atoms with Crippen LogP contribution in [0.2, 0.25) is 0 Å². The molecule has 0 aliphatic carbocycles. The Balaban J connectivity index is 1.47. The fourth-order valence-electron chi connectivity index (χ4n) is 4.08. The number of carbonyl (C=O) groups excluding carboxylic acids is 2. The largest absolute Gasteiger partial charge is 0.369 e. The van der Waals surface area contributed by atoms with Crippen LogP contribution in [0.15, 0.2) is 30.3 Å². The van der Waals surface area contributed by atoms with Gasteiger partial charge in [0.2, 0.25) is 11.8 Å². The summed E-state index contributed by atoms with van der Waals surface area (Å²) in [5.41, 5.74) is 6.79. The van der Waals surface area contributed by atoms with Gasteiger partial charge in [0.1, 0.15) is 0 Å². The topological polar surface area (TPSA) is 66.6 Å². The van der Waals surface area contributed by atoms with E-state index in [4.69, 9.17) is 5.73 Å². The molecule has 0 aromatic heterocycles.